The third kappa shape index (κ3) is 4.98. The maximum atomic E-state index is 12.6. The molecular weight excluding hydrogens is 280 g/mol. The number of nitrogens with one attached hydrogen (secondary N) is 1. The van der Waals surface area contributed by atoms with Crippen LogP contribution in [0.5, 0.6) is 5.88 Å². The van der Waals surface area contributed by atoms with Crippen molar-refractivity contribution in [2.24, 2.45) is 0 Å². The van der Waals surface area contributed by atoms with Gasteiger partial charge in [0.2, 0.25) is 5.88 Å². The molecule has 0 aliphatic rings. The molecule has 1 aromatic rings. The molecule has 0 fully saturated rings. The van der Waals surface area contributed by atoms with Crippen molar-refractivity contribution in [2.75, 3.05) is 18.5 Å². The predicted octanol–water partition coefficient (Wildman–Crippen LogP) is 3.71. The first-order valence-electron chi connectivity index (χ1n) is 8.01. The number of aryl methyl sites for hydroxylation is 1. The number of nitrogens with zero attached hydrogens (tertiary/aromatic N) is 1. The van der Waals surface area contributed by atoms with E-state index < -0.39 is 5.60 Å². The summed E-state index contributed by atoms with van der Waals surface area (Å²) in [4.78, 5) is 16.8. The first-order valence-corrected chi connectivity index (χ1v) is 8.01. The van der Waals surface area contributed by atoms with Crippen LogP contribution in [-0.4, -0.2) is 29.7 Å². The Morgan fingerprint density at radius 1 is 1.32 bits per heavy atom. The number of pyridine rings is 1. The summed E-state index contributed by atoms with van der Waals surface area (Å²) in [5.74, 6) is 0.465. The average molecular weight is 308 g/mol. The molecule has 1 atom stereocenters. The third-order valence-corrected chi connectivity index (χ3v) is 3.40. The minimum atomic E-state index is -0.808. The highest BCUT2D eigenvalue weighted by Crippen LogP contribution is 2.23. The van der Waals surface area contributed by atoms with Crippen LogP contribution in [0.3, 0.4) is 0 Å². The molecule has 1 rings (SSSR count). The number of hydrogen-bond donors (Lipinski definition) is 1. The van der Waals surface area contributed by atoms with Gasteiger partial charge in [0, 0.05) is 12.2 Å². The van der Waals surface area contributed by atoms with Crippen molar-refractivity contribution in [3.8, 4) is 5.88 Å². The highest BCUT2D eigenvalue weighted by molar-refractivity contribution is 5.97. The zero-order valence-electron chi connectivity index (χ0n) is 14.4. The Morgan fingerprint density at radius 3 is 2.59 bits per heavy atom. The van der Waals surface area contributed by atoms with E-state index in [9.17, 15) is 4.79 Å². The number of rotatable bonds is 9. The maximum absolute atomic E-state index is 12.6. The smallest absolute Gasteiger partial charge is 0.256 e. The molecule has 0 aliphatic carbocycles. The number of aromatic nitrogens is 1. The van der Waals surface area contributed by atoms with Crippen molar-refractivity contribution in [3.05, 3.63) is 17.8 Å². The lowest BCUT2D eigenvalue weighted by Crippen LogP contribution is -2.43. The topological polar surface area (TPSA) is 60.5 Å². The molecule has 22 heavy (non-hydrogen) atoms. The van der Waals surface area contributed by atoms with Gasteiger partial charge in [0.15, 0.2) is 0 Å². The van der Waals surface area contributed by atoms with Crippen molar-refractivity contribution in [1.29, 1.82) is 0 Å². The van der Waals surface area contributed by atoms with Gasteiger partial charge >= 0.3 is 0 Å². The molecule has 5 nitrogen and oxygen atoms in total. The van der Waals surface area contributed by atoms with Crippen LogP contribution < -0.4 is 10.1 Å². The Hall–Kier alpha value is -1.62. The molecule has 1 aromatic heterocycles. The highest BCUT2D eigenvalue weighted by atomic mass is 16.5. The summed E-state index contributed by atoms with van der Waals surface area (Å²) in [5.41, 5.74) is 0.747. The largest absolute Gasteiger partial charge is 0.478 e. The predicted molar refractivity (Wildman–Crippen MR) is 88.3 cm³/mol. The van der Waals surface area contributed by atoms with E-state index in [0.29, 0.717) is 31.2 Å². The number of carbonyl (C=O) groups is 1. The first kappa shape index (κ1) is 18.4. The number of hydrogen-bond acceptors (Lipinski definition) is 4. The van der Waals surface area contributed by atoms with Crippen molar-refractivity contribution in [2.45, 2.75) is 59.5 Å². The monoisotopic (exact) mass is 308 g/mol. The molecular formula is C17H28N2O3. The van der Waals surface area contributed by atoms with Crippen LogP contribution in [0.25, 0.3) is 0 Å². The highest BCUT2D eigenvalue weighted by Gasteiger charge is 2.33. The van der Waals surface area contributed by atoms with Gasteiger partial charge < -0.3 is 14.8 Å². The van der Waals surface area contributed by atoms with E-state index in [1.807, 2.05) is 40.7 Å². The fraction of sp³-hybridized carbons (Fsp3) is 0.647. The van der Waals surface area contributed by atoms with Gasteiger partial charge in [-0.2, -0.15) is 0 Å². The molecule has 5 heteroatoms. The quantitative estimate of drug-likeness (QED) is 0.755. The summed E-state index contributed by atoms with van der Waals surface area (Å²) in [6, 6.07) is 1.86. The summed E-state index contributed by atoms with van der Waals surface area (Å²) < 4.78 is 11.2. The van der Waals surface area contributed by atoms with Gasteiger partial charge in [-0.3, -0.25) is 4.79 Å². The van der Waals surface area contributed by atoms with Gasteiger partial charge in [0.05, 0.1) is 18.5 Å². The fourth-order valence-corrected chi connectivity index (χ4v) is 2.24. The second-order valence-electron chi connectivity index (χ2n) is 5.56. The van der Waals surface area contributed by atoms with Crippen LogP contribution in [0.4, 0.5) is 5.69 Å². The lowest BCUT2D eigenvalue weighted by atomic mass is 9.99. The number of carbonyl (C=O) groups excluding carboxylic acids is 1. The molecule has 1 heterocycles. The maximum Gasteiger partial charge on any atom is 0.256 e. The second-order valence-corrected chi connectivity index (χ2v) is 5.56. The van der Waals surface area contributed by atoms with Crippen molar-refractivity contribution < 1.29 is 14.3 Å². The van der Waals surface area contributed by atoms with Crippen molar-refractivity contribution in [1.82, 2.24) is 4.98 Å². The van der Waals surface area contributed by atoms with E-state index in [1.54, 1.807) is 6.20 Å². The van der Waals surface area contributed by atoms with E-state index in [1.165, 1.54) is 0 Å². The normalized spacial score (nSPS) is 13.5. The second kappa shape index (κ2) is 8.73. The van der Waals surface area contributed by atoms with Crippen LogP contribution in [0.2, 0.25) is 0 Å². The van der Waals surface area contributed by atoms with Crippen LogP contribution >= 0.6 is 0 Å². The van der Waals surface area contributed by atoms with Crippen LogP contribution in [-0.2, 0) is 9.53 Å². The SMILES string of the molecule is CCCOC(C)(CCC)C(=O)Nc1cnc(OCC)c(C)c1. The molecule has 0 aromatic carbocycles. The van der Waals surface area contributed by atoms with Gasteiger partial charge in [-0.05, 0) is 39.7 Å². The molecule has 1 N–H and O–H groups in total. The molecule has 0 saturated heterocycles. The van der Waals surface area contributed by atoms with Crippen molar-refractivity contribution >= 4 is 11.6 Å². The van der Waals surface area contributed by atoms with Crippen LogP contribution in [0.1, 0.15) is 52.5 Å². The molecule has 0 radical (unpaired) electrons. The first-order chi connectivity index (χ1) is 10.5. The minimum absolute atomic E-state index is 0.131. The average Bonchev–Trinajstić information content (AvgIpc) is 2.48. The van der Waals surface area contributed by atoms with E-state index in [2.05, 4.69) is 10.3 Å². The van der Waals surface area contributed by atoms with E-state index in [0.717, 1.165) is 18.4 Å². The van der Waals surface area contributed by atoms with Gasteiger partial charge in [-0.25, -0.2) is 4.98 Å². The van der Waals surface area contributed by atoms with Crippen LogP contribution in [0, 0.1) is 6.92 Å². The summed E-state index contributed by atoms with van der Waals surface area (Å²) in [7, 11) is 0. The van der Waals surface area contributed by atoms with Gasteiger partial charge in [-0.1, -0.05) is 20.3 Å². The standard InChI is InChI=1S/C17H28N2O3/c1-6-9-17(5,22-10-7-2)16(20)19-14-11-13(4)15(18-12-14)21-8-3/h11-12H,6-10H2,1-5H3,(H,19,20). The Balaban J connectivity index is 2.82. The van der Waals surface area contributed by atoms with Gasteiger partial charge in [0.1, 0.15) is 5.60 Å². The summed E-state index contributed by atoms with van der Waals surface area (Å²) in [5, 5.41) is 2.90. The van der Waals surface area contributed by atoms with E-state index in [-0.39, 0.29) is 5.91 Å². The molecule has 1 unspecified atom stereocenters. The van der Waals surface area contributed by atoms with Crippen LogP contribution in [0.15, 0.2) is 12.3 Å². The Bertz CT molecular complexity index is 491. The summed E-state index contributed by atoms with van der Waals surface area (Å²) in [6.07, 6.45) is 4.06. The molecule has 1 amide bonds. The minimum Gasteiger partial charge on any atom is -0.478 e. The zero-order valence-corrected chi connectivity index (χ0v) is 14.4. The van der Waals surface area contributed by atoms with Gasteiger partial charge in [-0.15, -0.1) is 0 Å². The fourth-order valence-electron chi connectivity index (χ4n) is 2.24. The lowest BCUT2D eigenvalue weighted by molar-refractivity contribution is -0.140. The summed E-state index contributed by atoms with van der Waals surface area (Å²) in [6.45, 7) is 10.9. The summed E-state index contributed by atoms with van der Waals surface area (Å²) >= 11 is 0. The Kier molecular flexibility index (Phi) is 7.32. The van der Waals surface area contributed by atoms with E-state index >= 15 is 0 Å². The van der Waals surface area contributed by atoms with Crippen molar-refractivity contribution in [3.63, 3.8) is 0 Å². The molecule has 124 valence electrons. The number of anilines is 1. The third-order valence-electron chi connectivity index (χ3n) is 3.40. The molecule has 0 bridgehead atoms. The van der Waals surface area contributed by atoms with E-state index in [4.69, 9.17) is 9.47 Å². The lowest BCUT2D eigenvalue weighted by Gasteiger charge is -2.28. The molecule has 0 aliphatic heterocycles. The zero-order chi connectivity index (χ0) is 16.6. The molecule has 0 spiro atoms. The number of ether oxygens (including phenoxy) is 2. The number of amides is 1. The Labute approximate surface area is 133 Å². The molecule has 0 saturated carbocycles. The van der Waals surface area contributed by atoms with Gasteiger partial charge in [0.25, 0.3) is 5.91 Å². The Morgan fingerprint density at radius 2 is 2.05 bits per heavy atom.